The molecule has 0 aliphatic carbocycles. The fourth-order valence-corrected chi connectivity index (χ4v) is 5.20. The van der Waals surface area contributed by atoms with Crippen molar-refractivity contribution in [2.45, 2.75) is 71.3 Å². The summed E-state index contributed by atoms with van der Waals surface area (Å²) in [5.74, 6) is 0.751. The highest BCUT2D eigenvalue weighted by Crippen LogP contribution is 2.38. The maximum absolute atomic E-state index is 13.3. The van der Waals surface area contributed by atoms with E-state index in [4.69, 9.17) is 9.47 Å². The van der Waals surface area contributed by atoms with Gasteiger partial charge in [0.05, 0.1) is 23.9 Å². The van der Waals surface area contributed by atoms with Crippen molar-refractivity contribution in [3.8, 4) is 5.75 Å². The quantitative estimate of drug-likeness (QED) is 0.579. The van der Waals surface area contributed by atoms with Crippen LogP contribution in [0.1, 0.15) is 61.3 Å². The first-order chi connectivity index (χ1) is 16.7. The minimum Gasteiger partial charge on any atom is -0.491 e. The molecule has 7 nitrogen and oxygen atoms in total. The lowest BCUT2D eigenvalue weighted by atomic mass is 9.87. The number of morpholine rings is 1. The summed E-state index contributed by atoms with van der Waals surface area (Å²) in [6, 6.07) is 7.43. The highest BCUT2D eigenvalue weighted by atomic mass is 19.3. The van der Waals surface area contributed by atoms with Gasteiger partial charge in [0, 0.05) is 44.5 Å². The van der Waals surface area contributed by atoms with Gasteiger partial charge in [-0.05, 0) is 70.4 Å². The number of carbonyl (C=O) groups is 1. The molecule has 1 amide bonds. The summed E-state index contributed by atoms with van der Waals surface area (Å²) in [6.45, 7) is 10.2. The lowest BCUT2D eigenvalue weighted by Crippen LogP contribution is -2.58. The van der Waals surface area contributed by atoms with Crippen molar-refractivity contribution in [1.29, 1.82) is 0 Å². The molecule has 1 spiro atoms. The first-order valence-electron chi connectivity index (χ1n) is 12.5. The molecule has 4 rings (SSSR count). The van der Waals surface area contributed by atoms with Gasteiger partial charge in [0.1, 0.15) is 11.9 Å². The number of carbonyl (C=O) groups excluding carboxylic acids is 1. The van der Waals surface area contributed by atoms with E-state index in [-0.39, 0.29) is 24.7 Å². The second kappa shape index (κ2) is 10.6. The number of hydrogen-bond donors (Lipinski definition) is 0. The van der Waals surface area contributed by atoms with Gasteiger partial charge < -0.3 is 14.4 Å². The van der Waals surface area contributed by atoms with E-state index in [1.165, 1.54) is 0 Å². The lowest BCUT2D eigenvalue weighted by molar-refractivity contribution is -0.182. The number of aromatic nitrogens is 2. The average Bonchev–Trinajstić information content (AvgIpc) is 3.28. The number of likely N-dealkylation sites (tertiary alicyclic amines) is 1. The van der Waals surface area contributed by atoms with Crippen LogP contribution in [-0.4, -0.2) is 76.3 Å². The standard InChI is InChI=1S/C26H36F2N4O3/c1-5-32-21(8-11-29-32)23-15-30(16-24(27)28)17-26(35-23)9-12-31(13-10-26)25(33)20-6-7-22(19(4)14-20)34-18(2)3/h6-8,11,14,18,23-24H,5,9-10,12-13,15-17H2,1-4H3. The Kier molecular flexibility index (Phi) is 7.76. The number of amides is 1. The summed E-state index contributed by atoms with van der Waals surface area (Å²) in [5, 5.41) is 4.34. The zero-order valence-corrected chi connectivity index (χ0v) is 21.0. The first kappa shape index (κ1) is 25.6. The number of halogens is 2. The number of alkyl halides is 2. The summed E-state index contributed by atoms with van der Waals surface area (Å²) >= 11 is 0. The minimum absolute atomic E-state index is 0.0279. The predicted octanol–water partition coefficient (Wildman–Crippen LogP) is 4.31. The zero-order valence-electron chi connectivity index (χ0n) is 21.0. The molecule has 9 heteroatoms. The summed E-state index contributed by atoms with van der Waals surface area (Å²) in [5.41, 5.74) is 1.89. The Morgan fingerprint density at radius 2 is 2.00 bits per heavy atom. The van der Waals surface area contributed by atoms with Gasteiger partial charge in [-0.2, -0.15) is 5.10 Å². The van der Waals surface area contributed by atoms with E-state index in [0.717, 1.165) is 17.0 Å². The van der Waals surface area contributed by atoms with Crippen LogP contribution >= 0.6 is 0 Å². The third kappa shape index (κ3) is 5.83. The van der Waals surface area contributed by atoms with Gasteiger partial charge >= 0.3 is 0 Å². The van der Waals surface area contributed by atoms with E-state index < -0.39 is 12.0 Å². The van der Waals surface area contributed by atoms with E-state index in [1.54, 1.807) is 17.2 Å². The number of piperidine rings is 1. The summed E-state index contributed by atoms with van der Waals surface area (Å²) < 4.78 is 40.9. The Labute approximate surface area is 206 Å². The normalized spacial score (nSPS) is 20.7. The fourth-order valence-electron chi connectivity index (χ4n) is 5.20. The molecule has 0 bridgehead atoms. The topological polar surface area (TPSA) is 59.8 Å². The molecule has 1 aromatic carbocycles. The maximum Gasteiger partial charge on any atom is 0.253 e. The van der Waals surface area contributed by atoms with Crippen LogP contribution in [0.2, 0.25) is 0 Å². The number of ether oxygens (including phenoxy) is 2. The van der Waals surface area contributed by atoms with Crippen LogP contribution in [0.4, 0.5) is 8.78 Å². The number of nitrogens with zero attached hydrogens (tertiary/aromatic N) is 4. The Morgan fingerprint density at radius 3 is 2.63 bits per heavy atom. The van der Waals surface area contributed by atoms with Crippen LogP contribution in [0.5, 0.6) is 5.75 Å². The monoisotopic (exact) mass is 490 g/mol. The number of benzene rings is 1. The summed E-state index contributed by atoms with van der Waals surface area (Å²) in [4.78, 5) is 16.9. The van der Waals surface area contributed by atoms with Crippen molar-refractivity contribution in [2.75, 3.05) is 32.7 Å². The highest BCUT2D eigenvalue weighted by Gasteiger charge is 2.45. The summed E-state index contributed by atoms with van der Waals surface area (Å²) in [7, 11) is 0. The molecule has 0 saturated carbocycles. The zero-order chi connectivity index (χ0) is 25.2. The molecule has 35 heavy (non-hydrogen) atoms. The van der Waals surface area contributed by atoms with Crippen LogP contribution in [0.3, 0.4) is 0 Å². The molecular formula is C26H36F2N4O3. The number of hydrogen-bond acceptors (Lipinski definition) is 5. The average molecular weight is 491 g/mol. The maximum atomic E-state index is 13.3. The van der Waals surface area contributed by atoms with Crippen molar-refractivity contribution in [2.24, 2.45) is 0 Å². The van der Waals surface area contributed by atoms with Gasteiger partial charge in [-0.3, -0.25) is 14.4 Å². The van der Waals surface area contributed by atoms with Crippen LogP contribution < -0.4 is 4.74 Å². The van der Waals surface area contributed by atoms with Gasteiger partial charge in [0.25, 0.3) is 12.3 Å². The van der Waals surface area contributed by atoms with Gasteiger partial charge in [-0.1, -0.05) is 0 Å². The molecule has 1 aromatic heterocycles. The molecule has 1 unspecified atom stereocenters. The van der Waals surface area contributed by atoms with Gasteiger partial charge in [0.2, 0.25) is 0 Å². The van der Waals surface area contributed by atoms with E-state index in [9.17, 15) is 13.6 Å². The van der Waals surface area contributed by atoms with Crippen LogP contribution in [0.25, 0.3) is 0 Å². The van der Waals surface area contributed by atoms with E-state index in [2.05, 4.69) is 5.10 Å². The predicted molar refractivity (Wildman–Crippen MR) is 129 cm³/mol. The SMILES string of the molecule is CCn1nccc1C1CN(CC(F)F)CC2(CCN(C(=O)c3ccc(OC(C)C)c(C)c3)CC2)O1. The molecule has 2 saturated heterocycles. The smallest absolute Gasteiger partial charge is 0.253 e. The van der Waals surface area contributed by atoms with Crippen molar-refractivity contribution in [3.05, 3.63) is 47.3 Å². The van der Waals surface area contributed by atoms with Crippen molar-refractivity contribution >= 4 is 5.91 Å². The minimum atomic E-state index is -2.41. The highest BCUT2D eigenvalue weighted by molar-refractivity contribution is 5.94. The van der Waals surface area contributed by atoms with E-state index >= 15 is 0 Å². The van der Waals surface area contributed by atoms with Gasteiger partial charge in [-0.15, -0.1) is 0 Å². The van der Waals surface area contributed by atoms with E-state index in [0.29, 0.717) is 51.1 Å². The third-order valence-corrected chi connectivity index (χ3v) is 6.85. The van der Waals surface area contributed by atoms with Crippen LogP contribution in [0, 0.1) is 6.92 Å². The molecule has 192 valence electrons. The Hall–Kier alpha value is -2.52. The summed E-state index contributed by atoms with van der Waals surface area (Å²) in [6.07, 6.45) is 0.249. The third-order valence-electron chi connectivity index (χ3n) is 6.85. The molecule has 2 aliphatic rings. The molecule has 2 aliphatic heterocycles. The first-order valence-corrected chi connectivity index (χ1v) is 12.5. The number of rotatable bonds is 7. The Bertz CT molecular complexity index is 1020. The lowest BCUT2D eigenvalue weighted by Gasteiger charge is -2.50. The molecule has 0 radical (unpaired) electrons. The van der Waals surface area contributed by atoms with Crippen LogP contribution in [0.15, 0.2) is 30.5 Å². The Morgan fingerprint density at radius 1 is 1.26 bits per heavy atom. The molecular weight excluding hydrogens is 454 g/mol. The van der Waals surface area contributed by atoms with Crippen molar-refractivity contribution < 1.29 is 23.0 Å². The fraction of sp³-hybridized carbons (Fsp3) is 0.615. The number of aryl methyl sites for hydroxylation is 2. The molecule has 2 fully saturated rings. The van der Waals surface area contributed by atoms with E-state index in [1.807, 2.05) is 55.5 Å². The van der Waals surface area contributed by atoms with Gasteiger partial charge in [-0.25, -0.2) is 8.78 Å². The van der Waals surface area contributed by atoms with Crippen molar-refractivity contribution in [1.82, 2.24) is 19.6 Å². The molecule has 2 aromatic rings. The van der Waals surface area contributed by atoms with Crippen molar-refractivity contribution in [3.63, 3.8) is 0 Å². The molecule has 3 heterocycles. The second-order valence-corrected chi connectivity index (χ2v) is 9.89. The van der Waals surface area contributed by atoms with Crippen LogP contribution in [-0.2, 0) is 11.3 Å². The largest absolute Gasteiger partial charge is 0.491 e. The molecule has 1 atom stereocenters. The van der Waals surface area contributed by atoms with Gasteiger partial charge in [0.15, 0.2) is 0 Å². The molecule has 0 N–H and O–H groups in total. The Balaban J connectivity index is 1.46. The second-order valence-electron chi connectivity index (χ2n) is 9.89.